The summed E-state index contributed by atoms with van der Waals surface area (Å²) in [5, 5.41) is 0. The monoisotopic (exact) mass is 359 g/mol. The molecule has 0 fully saturated rings. The van der Waals surface area contributed by atoms with Crippen molar-refractivity contribution in [3.63, 3.8) is 0 Å². The summed E-state index contributed by atoms with van der Waals surface area (Å²) in [6.45, 7) is 4.16. The summed E-state index contributed by atoms with van der Waals surface area (Å²) in [5.74, 6) is -0.550. The van der Waals surface area contributed by atoms with Gasteiger partial charge in [-0.15, -0.1) is 0 Å². The fourth-order valence-electron chi connectivity index (χ4n) is 3.18. The number of ether oxygens (including phenoxy) is 1. The van der Waals surface area contributed by atoms with E-state index in [1.807, 2.05) is 25.1 Å². The van der Waals surface area contributed by atoms with Gasteiger partial charge in [0.05, 0.1) is 23.3 Å². The Balaban J connectivity index is 2.11. The first-order valence-electron chi connectivity index (χ1n) is 8.16. The molecular formula is C19H21NO4S. The van der Waals surface area contributed by atoms with E-state index in [4.69, 9.17) is 4.74 Å². The number of methoxy groups -OCH3 is 1. The molecule has 0 aromatic heterocycles. The Morgan fingerprint density at radius 2 is 1.88 bits per heavy atom. The van der Waals surface area contributed by atoms with Crippen molar-refractivity contribution in [2.24, 2.45) is 0 Å². The molecule has 2 aromatic carbocycles. The molecule has 5 nitrogen and oxygen atoms in total. The Morgan fingerprint density at radius 3 is 2.60 bits per heavy atom. The van der Waals surface area contributed by atoms with Gasteiger partial charge in [-0.2, -0.15) is 0 Å². The van der Waals surface area contributed by atoms with Crippen LogP contribution in [0.3, 0.4) is 0 Å². The summed E-state index contributed by atoms with van der Waals surface area (Å²) in [4.78, 5) is 11.9. The normalized spacial score (nSPS) is 14.1. The average molecular weight is 359 g/mol. The maximum absolute atomic E-state index is 13.3. The number of aryl methyl sites for hydroxylation is 3. The number of hydrogen-bond acceptors (Lipinski definition) is 4. The number of nitrogens with zero attached hydrogens (tertiary/aromatic N) is 1. The number of carbonyl (C=O) groups excluding carboxylic acids is 1. The number of benzene rings is 2. The van der Waals surface area contributed by atoms with Crippen molar-refractivity contribution in [2.45, 2.75) is 31.6 Å². The third-order valence-corrected chi connectivity index (χ3v) is 6.44. The number of hydrogen-bond donors (Lipinski definition) is 0. The van der Waals surface area contributed by atoms with Crippen LogP contribution in [0.5, 0.6) is 0 Å². The van der Waals surface area contributed by atoms with Gasteiger partial charge in [-0.05, 0) is 56.0 Å². The summed E-state index contributed by atoms with van der Waals surface area (Å²) in [7, 11) is -2.48. The van der Waals surface area contributed by atoms with E-state index in [1.54, 1.807) is 19.1 Å². The van der Waals surface area contributed by atoms with Gasteiger partial charge in [0.2, 0.25) is 0 Å². The third-order valence-electron chi connectivity index (χ3n) is 4.49. The first-order chi connectivity index (χ1) is 11.8. The highest BCUT2D eigenvalue weighted by Gasteiger charge is 2.30. The standard InChI is InChI=1S/C19H21NO4S/c1-13-6-9-17-15(11-13)5-4-10-20(17)25(22,23)18-12-16(19(21)24-3)8-7-14(18)2/h6-9,11-12H,4-5,10H2,1-3H3. The van der Waals surface area contributed by atoms with Crippen molar-refractivity contribution in [3.05, 3.63) is 58.7 Å². The molecule has 1 aliphatic rings. The van der Waals surface area contributed by atoms with Crippen molar-refractivity contribution < 1.29 is 17.9 Å². The lowest BCUT2D eigenvalue weighted by Gasteiger charge is -2.31. The summed E-state index contributed by atoms with van der Waals surface area (Å²) in [6, 6.07) is 10.4. The molecule has 0 N–H and O–H groups in total. The van der Waals surface area contributed by atoms with Crippen LogP contribution >= 0.6 is 0 Å². The number of esters is 1. The van der Waals surface area contributed by atoms with Crippen LogP contribution in [0.25, 0.3) is 0 Å². The predicted molar refractivity (Wildman–Crippen MR) is 96.6 cm³/mol. The van der Waals surface area contributed by atoms with Crippen LogP contribution in [0.1, 0.15) is 33.5 Å². The number of sulfonamides is 1. The zero-order chi connectivity index (χ0) is 18.2. The highest BCUT2D eigenvalue weighted by Crippen LogP contribution is 2.33. The Bertz CT molecular complexity index is 934. The van der Waals surface area contributed by atoms with Crippen molar-refractivity contribution in [2.75, 3.05) is 18.0 Å². The molecule has 0 spiro atoms. The molecule has 25 heavy (non-hydrogen) atoms. The first kappa shape index (κ1) is 17.5. The molecule has 1 aliphatic heterocycles. The van der Waals surface area contributed by atoms with Crippen molar-refractivity contribution in [1.82, 2.24) is 0 Å². The van der Waals surface area contributed by atoms with E-state index in [0.717, 1.165) is 29.7 Å². The lowest BCUT2D eigenvalue weighted by atomic mass is 10.0. The van der Waals surface area contributed by atoms with Crippen molar-refractivity contribution in [3.8, 4) is 0 Å². The van der Waals surface area contributed by atoms with E-state index in [-0.39, 0.29) is 10.5 Å². The average Bonchev–Trinajstić information content (AvgIpc) is 2.60. The molecule has 0 radical (unpaired) electrons. The van der Waals surface area contributed by atoms with Crippen LogP contribution < -0.4 is 4.31 Å². The Morgan fingerprint density at radius 1 is 1.12 bits per heavy atom. The van der Waals surface area contributed by atoms with Gasteiger partial charge in [-0.25, -0.2) is 13.2 Å². The van der Waals surface area contributed by atoms with Crippen molar-refractivity contribution in [1.29, 1.82) is 0 Å². The van der Waals surface area contributed by atoms with E-state index in [2.05, 4.69) is 0 Å². The predicted octanol–water partition coefficient (Wildman–Crippen LogP) is 3.23. The molecule has 6 heteroatoms. The van der Waals surface area contributed by atoms with Crippen LogP contribution in [-0.4, -0.2) is 28.0 Å². The number of rotatable bonds is 3. The number of anilines is 1. The van der Waals surface area contributed by atoms with Gasteiger partial charge in [0.1, 0.15) is 0 Å². The van der Waals surface area contributed by atoms with Crippen LogP contribution in [0, 0.1) is 13.8 Å². The molecule has 3 rings (SSSR count). The van der Waals surface area contributed by atoms with Gasteiger partial charge in [-0.1, -0.05) is 23.8 Å². The van der Waals surface area contributed by atoms with Gasteiger partial charge in [0, 0.05) is 6.54 Å². The van der Waals surface area contributed by atoms with Gasteiger partial charge >= 0.3 is 5.97 Å². The van der Waals surface area contributed by atoms with Gasteiger partial charge in [0.25, 0.3) is 10.0 Å². The summed E-state index contributed by atoms with van der Waals surface area (Å²) >= 11 is 0. The molecule has 2 aromatic rings. The van der Waals surface area contributed by atoms with E-state index < -0.39 is 16.0 Å². The SMILES string of the molecule is COC(=O)c1ccc(C)c(S(=O)(=O)N2CCCc3cc(C)ccc32)c1. The zero-order valence-corrected chi connectivity index (χ0v) is 15.4. The molecule has 0 saturated carbocycles. The van der Waals surface area contributed by atoms with Crippen LogP contribution in [0.2, 0.25) is 0 Å². The molecular weight excluding hydrogens is 338 g/mol. The minimum atomic E-state index is -3.76. The highest BCUT2D eigenvalue weighted by atomic mass is 32.2. The smallest absolute Gasteiger partial charge is 0.337 e. The number of carbonyl (C=O) groups is 1. The molecule has 132 valence electrons. The highest BCUT2D eigenvalue weighted by molar-refractivity contribution is 7.92. The molecule has 0 atom stereocenters. The zero-order valence-electron chi connectivity index (χ0n) is 14.6. The largest absolute Gasteiger partial charge is 0.465 e. The maximum Gasteiger partial charge on any atom is 0.337 e. The second-order valence-electron chi connectivity index (χ2n) is 6.28. The quantitative estimate of drug-likeness (QED) is 0.789. The maximum atomic E-state index is 13.3. The molecule has 0 bridgehead atoms. The lowest BCUT2D eigenvalue weighted by Crippen LogP contribution is -2.36. The minimum absolute atomic E-state index is 0.142. The van der Waals surface area contributed by atoms with Gasteiger partial charge in [0.15, 0.2) is 0 Å². The fraction of sp³-hybridized carbons (Fsp3) is 0.316. The van der Waals surface area contributed by atoms with E-state index in [0.29, 0.717) is 12.1 Å². The summed E-state index contributed by atoms with van der Waals surface area (Å²) < 4.78 is 32.7. The summed E-state index contributed by atoms with van der Waals surface area (Å²) in [5.41, 5.74) is 3.71. The molecule has 0 amide bonds. The third kappa shape index (κ3) is 3.14. The van der Waals surface area contributed by atoms with E-state index in [1.165, 1.54) is 17.5 Å². The van der Waals surface area contributed by atoms with Crippen LogP contribution in [-0.2, 0) is 21.2 Å². The first-order valence-corrected chi connectivity index (χ1v) is 9.60. The minimum Gasteiger partial charge on any atom is -0.465 e. The molecule has 1 heterocycles. The second kappa shape index (κ2) is 6.52. The van der Waals surface area contributed by atoms with E-state index >= 15 is 0 Å². The van der Waals surface area contributed by atoms with Gasteiger partial charge in [-0.3, -0.25) is 4.31 Å². The van der Waals surface area contributed by atoms with Crippen LogP contribution in [0.4, 0.5) is 5.69 Å². The topological polar surface area (TPSA) is 63.7 Å². The van der Waals surface area contributed by atoms with Crippen LogP contribution in [0.15, 0.2) is 41.3 Å². The Hall–Kier alpha value is -2.34. The Kier molecular flexibility index (Phi) is 4.56. The van der Waals surface area contributed by atoms with Crippen molar-refractivity contribution >= 4 is 21.7 Å². The molecule has 0 aliphatic carbocycles. The molecule has 0 saturated heterocycles. The second-order valence-corrected chi connectivity index (χ2v) is 8.12. The van der Waals surface area contributed by atoms with E-state index in [9.17, 15) is 13.2 Å². The Labute approximate surface area is 148 Å². The van der Waals surface area contributed by atoms with Gasteiger partial charge < -0.3 is 4.74 Å². The lowest BCUT2D eigenvalue weighted by molar-refractivity contribution is 0.0600. The summed E-state index contributed by atoms with van der Waals surface area (Å²) in [6.07, 6.45) is 1.63. The molecule has 0 unspecified atom stereocenters. The fourth-order valence-corrected chi connectivity index (χ4v) is 4.98. The number of fused-ring (bicyclic) bond motifs is 1.